The Bertz CT molecular complexity index is 1700. The molecule has 1 aliphatic rings. The molecule has 39 heavy (non-hydrogen) atoms. The van der Waals surface area contributed by atoms with Crippen LogP contribution in [-0.4, -0.2) is 41.1 Å². The monoisotopic (exact) mass is 520 g/mol. The molecule has 0 radical (unpaired) electrons. The molecule has 0 bridgehead atoms. The van der Waals surface area contributed by atoms with Crippen molar-refractivity contribution in [1.29, 1.82) is 0 Å². The third-order valence-corrected chi connectivity index (χ3v) is 6.95. The highest BCUT2D eigenvalue weighted by Crippen LogP contribution is 2.36. The van der Waals surface area contributed by atoms with Crippen LogP contribution in [0.15, 0.2) is 86.3 Å². The number of aryl methyl sites for hydroxylation is 1. The lowest BCUT2D eigenvalue weighted by Crippen LogP contribution is -2.34. The second-order valence-electron chi connectivity index (χ2n) is 9.59. The van der Waals surface area contributed by atoms with Gasteiger partial charge >= 0.3 is 0 Å². The summed E-state index contributed by atoms with van der Waals surface area (Å²) in [6, 6.07) is 11.8. The zero-order chi connectivity index (χ0) is 26.8. The maximum Gasteiger partial charge on any atom is 0.243 e. The molecule has 4 aromatic heterocycles. The molecule has 0 saturated carbocycles. The molecule has 2 atom stereocenters. The fourth-order valence-electron chi connectivity index (χ4n) is 5.05. The number of hydrogen-bond donors (Lipinski definition) is 2. The van der Waals surface area contributed by atoms with Gasteiger partial charge in [0, 0.05) is 30.2 Å². The summed E-state index contributed by atoms with van der Waals surface area (Å²) in [7, 11) is 0. The number of allylic oxidation sites excluding steroid dienone is 1. The molecule has 4 heterocycles. The molecule has 0 fully saturated rings. The second kappa shape index (κ2) is 10.4. The molecular formula is C29H28N8O2. The third-order valence-electron chi connectivity index (χ3n) is 6.95. The molecule has 0 saturated heterocycles. The Morgan fingerprint density at radius 1 is 1.05 bits per heavy atom. The molecule has 10 nitrogen and oxygen atoms in total. The highest BCUT2D eigenvalue weighted by atomic mass is 16.5. The lowest BCUT2D eigenvalue weighted by Gasteiger charge is -2.21. The highest BCUT2D eigenvalue weighted by Gasteiger charge is 2.24. The molecule has 196 valence electrons. The zero-order valence-electron chi connectivity index (χ0n) is 21.5. The van der Waals surface area contributed by atoms with Crippen molar-refractivity contribution in [2.24, 2.45) is 0 Å². The standard InChI is InChI=1S/C29H28N8O2/c1-3-27(38)34-21-7-5-4-6-20(15-21)24-11-13-37-28(24)29(31-18-33-37)35-22-8-9-25(19(2)14-22)39-23-10-12-36-26(16-23)30-17-32-36/h3-5,8-14,16-18,20-21H,1,6-7,15H2,2H3,(H,34,38)(H,31,33,35). The number of benzene rings is 1. The van der Waals surface area contributed by atoms with Crippen molar-refractivity contribution in [3.63, 3.8) is 0 Å². The van der Waals surface area contributed by atoms with Crippen LogP contribution in [0.1, 0.15) is 36.3 Å². The van der Waals surface area contributed by atoms with Gasteiger partial charge in [0.1, 0.15) is 29.7 Å². The van der Waals surface area contributed by atoms with Crippen LogP contribution in [0, 0.1) is 6.92 Å². The van der Waals surface area contributed by atoms with Gasteiger partial charge in [0.05, 0.1) is 0 Å². The van der Waals surface area contributed by atoms with Gasteiger partial charge in [-0.2, -0.15) is 10.2 Å². The van der Waals surface area contributed by atoms with E-state index in [1.165, 1.54) is 12.4 Å². The van der Waals surface area contributed by atoms with Crippen LogP contribution in [0.25, 0.3) is 11.2 Å². The minimum Gasteiger partial charge on any atom is -0.457 e. The summed E-state index contributed by atoms with van der Waals surface area (Å²) >= 11 is 0. The van der Waals surface area contributed by atoms with Crippen LogP contribution in [-0.2, 0) is 4.79 Å². The van der Waals surface area contributed by atoms with E-state index in [0.717, 1.165) is 58.8 Å². The average Bonchev–Trinajstić information content (AvgIpc) is 3.53. The quantitative estimate of drug-likeness (QED) is 0.227. The van der Waals surface area contributed by atoms with Crippen molar-refractivity contribution in [3.05, 3.63) is 97.4 Å². The van der Waals surface area contributed by atoms with Gasteiger partial charge in [-0.15, -0.1) is 0 Å². The van der Waals surface area contributed by atoms with Crippen molar-refractivity contribution < 1.29 is 9.53 Å². The number of ether oxygens (including phenoxy) is 1. The summed E-state index contributed by atoms with van der Waals surface area (Å²) in [4.78, 5) is 20.7. The van der Waals surface area contributed by atoms with E-state index in [9.17, 15) is 4.79 Å². The molecule has 0 aliphatic heterocycles. The molecule has 1 aromatic carbocycles. The first-order valence-electron chi connectivity index (χ1n) is 12.8. The largest absolute Gasteiger partial charge is 0.457 e. The van der Waals surface area contributed by atoms with Gasteiger partial charge in [0.25, 0.3) is 0 Å². The Balaban J connectivity index is 1.25. The van der Waals surface area contributed by atoms with Crippen molar-refractivity contribution in [2.45, 2.75) is 38.1 Å². The van der Waals surface area contributed by atoms with Crippen LogP contribution < -0.4 is 15.4 Å². The van der Waals surface area contributed by atoms with Crippen molar-refractivity contribution in [2.75, 3.05) is 5.32 Å². The van der Waals surface area contributed by atoms with Crippen molar-refractivity contribution in [3.8, 4) is 11.5 Å². The van der Waals surface area contributed by atoms with Crippen molar-refractivity contribution in [1.82, 2.24) is 34.5 Å². The van der Waals surface area contributed by atoms with Gasteiger partial charge in [-0.3, -0.25) is 4.79 Å². The van der Waals surface area contributed by atoms with Crippen LogP contribution >= 0.6 is 0 Å². The number of fused-ring (bicyclic) bond motifs is 2. The Morgan fingerprint density at radius 2 is 1.87 bits per heavy atom. The van der Waals surface area contributed by atoms with E-state index < -0.39 is 0 Å². The van der Waals surface area contributed by atoms with Crippen LogP contribution in [0.2, 0.25) is 0 Å². The minimum absolute atomic E-state index is 0.0379. The lowest BCUT2D eigenvalue weighted by molar-refractivity contribution is -0.117. The van der Waals surface area contributed by atoms with Crippen molar-refractivity contribution >= 4 is 28.6 Å². The summed E-state index contributed by atoms with van der Waals surface area (Å²) in [5.41, 5.74) is 4.64. The SMILES string of the molecule is C=CC(=O)NC1CC=CCC(c2ccn3ncnc(Nc4ccc(Oc5ccn6ncnc6c5)c(C)c4)c23)C1. The first-order valence-corrected chi connectivity index (χ1v) is 12.8. The number of anilines is 2. The summed E-state index contributed by atoms with van der Waals surface area (Å²) < 4.78 is 9.66. The predicted molar refractivity (Wildman–Crippen MR) is 148 cm³/mol. The summed E-state index contributed by atoms with van der Waals surface area (Å²) in [5, 5.41) is 15.1. The molecule has 0 spiro atoms. The number of carbonyl (C=O) groups excluding carboxylic acids is 1. The van der Waals surface area contributed by atoms with Gasteiger partial charge in [-0.05, 0) is 79.6 Å². The molecule has 2 unspecified atom stereocenters. The smallest absolute Gasteiger partial charge is 0.243 e. The zero-order valence-corrected chi connectivity index (χ0v) is 21.5. The molecule has 5 aromatic rings. The van der Waals surface area contributed by atoms with Gasteiger partial charge in [-0.25, -0.2) is 19.0 Å². The third kappa shape index (κ3) is 5.08. The minimum atomic E-state index is -0.150. The summed E-state index contributed by atoms with van der Waals surface area (Å²) in [6.45, 7) is 5.58. The second-order valence-corrected chi connectivity index (χ2v) is 9.59. The fraction of sp³-hybridized carbons (Fsp3) is 0.207. The van der Waals surface area contributed by atoms with Crippen LogP contribution in [0.5, 0.6) is 11.5 Å². The maximum absolute atomic E-state index is 11.9. The Kier molecular flexibility index (Phi) is 6.50. The van der Waals surface area contributed by atoms with Gasteiger partial charge < -0.3 is 15.4 Å². The molecule has 1 aliphatic carbocycles. The molecule has 1 amide bonds. The highest BCUT2D eigenvalue weighted by molar-refractivity contribution is 5.87. The summed E-state index contributed by atoms with van der Waals surface area (Å²) in [5.74, 6) is 2.21. The van der Waals surface area contributed by atoms with Gasteiger partial charge in [-0.1, -0.05) is 18.7 Å². The lowest BCUT2D eigenvalue weighted by atomic mass is 9.91. The van der Waals surface area contributed by atoms with E-state index in [1.54, 1.807) is 10.8 Å². The number of nitrogens with zero attached hydrogens (tertiary/aromatic N) is 6. The van der Waals surface area contributed by atoms with E-state index in [0.29, 0.717) is 5.75 Å². The van der Waals surface area contributed by atoms with Gasteiger partial charge in [0.2, 0.25) is 5.91 Å². The molecule has 2 N–H and O–H groups in total. The molecular weight excluding hydrogens is 492 g/mol. The number of pyridine rings is 1. The normalized spacial score (nSPS) is 17.2. The number of carbonyl (C=O) groups is 1. The van der Waals surface area contributed by atoms with E-state index in [1.807, 2.05) is 54.2 Å². The fourth-order valence-corrected chi connectivity index (χ4v) is 5.05. The number of aromatic nitrogens is 6. The van der Waals surface area contributed by atoms with E-state index in [-0.39, 0.29) is 17.9 Å². The van der Waals surface area contributed by atoms with E-state index in [4.69, 9.17) is 4.74 Å². The number of rotatable bonds is 7. The number of hydrogen-bond acceptors (Lipinski definition) is 7. The first-order chi connectivity index (χ1) is 19.1. The Morgan fingerprint density at radius 3 is 2.74 bits per heavy atom. The van der Waals surface area contributed by atoms with E-state index in [2.05, 4.69) is 55.6 Å². The molecule has 6 rings (SSSR count). The van der Waals surface area contributed by atoms with E-state index >= 15 is 0 Å². The predicted octanol–water partition coefficient (Wildman–Crippen LogP) is 5.11. The topological polar surface area (TPSA) is 111 Å². The Labute approximate surface area is 225 Å². The summed E-state index contributed by atoms with van der Waals surface area (Å²) in [6.07, 6.45) is 15.0. The molecule has 10 heteroatoms. The number of nitrogens with one attached hydrogen (secondary N) is 2. The average molecular weight is 521 g/mol. The maximum atomic E-state index is 11.9. The Hall–Kier alpha value is -4.99. The number of amides is 1. The van der Waals surface area contributed by atoms with Gasteiger partial charge in [0.15, 0.2) is 11.5 Å². The first kappa shape index (κ1) is 24.4. The van der Waals surface area contributed by atoms with Crippen LogP contribution in [0.3, 0.4) is 0 Å². The van der Waals surface area contributed by atoms with Crippen LogP contribution in [0.4, 0.5) is 11.5 Å².